The van der Waals surface area contributed by atoms with E-state index in [0.29, 0.717) is 28.4 Å². The summed E-state index contributed by atoms with van der Waals surface area (Å²) in [6.45, 7) is 0.221. The van der Waals surface area contributed by atoms with E-state index in [1.54, 1.807) is 36.0 Å². The maximum Gasteiger partial charge on any atom is 0.251 e. The van der Waals surface area contributed by atoms with Gasteiger partial charge in [-0.2, -0.15) is 11.8 Å². The third-order valence-corrected chi connectivity index (χ3v) is 6.32. The molecule has 4 aromatic rings. The molecule has 0 aliphatic heterocycles. The zero-order valence-corrected chi connectivity index (χ0v) is 19.2. The topological polar surface area (TPSA) is 46.9 Å². The molecule has 0 aliphatic carbocycles. The lowest BCUT2D eigenvalue weighted by Gasteiger charge is -2.20. The molecule has 0 aliphatic rings. The van der Waals surface area contributed by atoms with E-state index in [0.717, 1.165) is 16.8 Å². The lowest BCUT2D eigenvalue weighted by Crippen LogP contribution is -2.31. The molecule has 1 atom stereocenters. The zero-order valence-electron chi connectivity index (χ0n) is 17.6. The molecule has 0 fully saturated rings. The van der Waals surface area contributed by atoms with Crippen molar-refractivity contribution < 1.29 is 9.18 Å². The molecule has 1 amide bonds. The van der Waals surface area contributed by atoms with Crippen LogP contribution in [0.2, 0.25) is 5.02 Å². The second-order valence-electron chi connectivity index (χ2n) is 7.42. The minimum atomic E-state index is -0.366. The molecule has 0 bridgehead atoms. The quantitative estimate of drug-likeness (QED) is 0.340. The van der Waals surface area contributed by atoms with Crippen LogP contribution in [-0.4, -0.2) is 27.5 Å². The van der Waals surface area contributed by atoms with Crippen LogP contribution in [0.1, 0.15) is 34.2 Å². The third-order valence-electron chi connectivity index (χ3n) is 5.33. The van der Waals surface area contributed by atoms with Crippen molar-refractivity contribution in [1.29, 1.82) is 0 Å². The number of amides is 1. The first-order chi connectivity index (χ1) is 15.6. The molecular formula is C25H23ClFN3OS. The van der Waals surface area contributed by atoms with Crippen LogP contribution in [-0.2, 0) is 6.54 Å². The van der Waals surface area contributed by atoms with Crippen molar-refractivity contribution in [2.24, 2.45) is 0 Å². The smallest absolute Gasteiger partial charge is 0.251 e. The van der Waals surface area contributed by atoms with Gasteiger partial charge >= 0.3 is 0 Å². The molecule has 0 unspecified atom stereocenters. The highest BCUT2D eigenvalue weighted by Crippen LogP contribution is 2.28. The molecular weight excluding hydrogens is 445 g/mol. The van der Waals surface area contributed by atoms with Gasteiger partial charge in [0, 0.05) is 16.1 Å². The lowest BCUT2D eigenvalue weighted by molar-refractivity contribution is 0.0933. The molecule has 0 saturated heterocycles. The predicted molar refractivity (Wildman–Crippen MR) is 130 cm³/mol. The number of halogens is 2. The van der Waals surface area contributed by atoms with E-state index < -0.39 is 0 Å². The van der Waals surface area contributed by atoms with Gasteiger partial charge in [0.15, 0.2) is 0 Å². The van der Waals surface area contributed by atoms with Crippen molar-refractivity contribution in [2.75, 3.05) is 12.0 Å². The molecule has 32 heavy (non-hydrogen) atoms. The van der Waals surface area contributed by atoms with Crippen molar-refractivity contribution in [1.82, 2.24) is 14.9 Å². The van der Waals surface area contributed by atoms with Gasteiger partial charge in [0.05, 0.1) is 23.6 Å². The minimum absolute atomic E-state index is 0.167. The SMILES string of the molecule is CSCC[C@@H](NC(=O)c1ccccc1)c1nc2ccccc2n1Cc1c(F)cccc1Cl. The molecule has 4 nitrogen and oxygen atoms in total. The number of thioether (sulfide) groups is 1. The van der Waals surface area contributed by atoms with Crippen molar-refractivity contribution >= 4 is 40.3 Å². The van der Waals surface area contributed by atoms with E-state index in [4.69, 9.17) is 16.6 Å². The van der Waals surface area contributed by atoms with E-state index in [1.165, 1.54) is 6.07 Å². The van der Waals surface area contributed by atoms with E-state index in [2.05, 4.69) is 5.32 Å². The summed E-state index contributed by atoms with van der Waals surface area (Å²) in [5, 5.41) is 3.50. The summed E-state index contributed by atoms with van der Waals surface area (Å²) in [4.78, 5) is 17.8. The normalized spacial score (nSPS) is 12.1. The fourth-order valence-corrected chi connectivity index (χ4v) is 4.39. The summed E-state index contributed by atoms with van der Waals surface area (Å²) in [5.74, 6) is 0.988. The summed E-state index contributed by atoms with van der Waals surface area (Å²) < 4.78 is 16.6. The Morgan fingerprint density at radius 1 is 1.09 bits per heavy atom. The highest BCUT2D eigenvalue weighted by molar-refractivity contribution is 7.98. The second-order valence-corrected chi connectivity index (χ2v) is 8.81. The van der Waals surface area contributed by atoms with Gasteiger partial charge in [-0.05, 0) is 54.8 Å². The van der Waals surface area contributed by atoms with Gasteiger partial charge in [0.25, 0.3) is 5.91 Å². The molecule has 0 radical (unpaired) electrons. The minimum Gasteiger partial charge on any atom is -0.342 e. The number of hydrogen-bond acceptors (Lipinski definition) is 3. The number of fused-ring (bicyclic) bond motifs is 1. The summed E-state index contributed by atoms with van der Waals surface area (Å²) in [5.41, 5.74) is 2.64. The fourth-order valence-electron chi connectivity index (χ4n) is 3.70. The van der Waals surface area contributed by atoms with E-state index in [-0.39, 0.29) is 24.3 Å². The highest BCUT2D eigenvalue weighted by atomic mass is 35.5. The Kier molecular flexibility index (Phi) is 7.12. The fraction of sp³-hybridized carbons (Fsp3) is 0.200. The molecule has 164 valence electrons. The first kappa shape index (κ1) is 22.4. The number of para-hydroxylation sites is 2. The predicted octanol–water partition coefficient (Wildman–Crippen LogP) is 6.10. The maximum atomic E-state index is 14.6. The first-order valence-electron chi connectivity index (χ1n) is 10.3. The zero-order chi connectivity index (χ0) is 22.5. The first-order valence-corrected chi connectivity index (χ1v) is 12.1. The van der Waals surface area contributed by atoms with Gasteiger partial charge in [0.1, 0.15) is 11.6 Å². The van der Waals surface area contributed by atoms with Crippen molar-refractivity contribution in [3.05, 3.63) is 101 Å². The van der Waals surface area contributed by atoms with Crippen LogP contribution < -0.4 is 5.32 Å². The number of nitrogens with zero attached hydrogens (tertiary/aromatic N) is 2. The number of imidazole rings is 1. The second kappa shape index (κ2) is 10.2. The van der Waals surface area contributed by atoms with Crippen molar-refractivity contribution in [3.8, 4) is 0 Å². The Labute approximate surface area is 195 Å². The largest absolute Gasteiger partial charge is 0.342 e. The molecule has 1 aromatic heterocycles. The van der Waals surface area contributed by atoms with E-state index in [1.807, 2.05) is 53.3 Å². The van der Waals surface area contributed by atoms with Crippen LogP contribution in [0.3, 0.4) is 0 Å². The Morgan fingerprint density at radius 3 is 2.59 bits per heavy atom. The van der Waals surface area contributed by atoms with Crippen LogP contribution >= 0.6 is 23.4 Å². The Hall–Kier alpha value is -2.83. The average molecular weight is 468 g/mol. The van der Waals surface area contributed by atoms with Gasteiger partial charge in [-0.25, -0.2) is 9.37 Å². The van der Waals surface area contributed by atoms with Crippen molar-refractivity contribution in [3.63, 3.8) is 0 Å². The lowest BCUT2D eigenvalue weighted by atomic mass is 10.1. The summed E-state index contributed by atoms with van der Waals surface area (Å²) in [7, 11) is 0. The Morgan fingerprint density at radius 2 is 1.84 bits per heavy atom. The van der Waals surface area contributed by atoms with Gasteiger partial charge in [0.2, 0.25) is 0 Å². The Bertz CT molecular complexity index is 1210. The standard InChI is InChI=1S/C25H23ClFN3OS/c1-32-15-14-22(29-25(31)17-8-3-2-4-9-17)24-28-21-12-5-6-13-23(21)30(24)16-18-19(26)10-7-11-20(18)27/h2-13,22H,14-16H2,1H3,(H,29,31)/t22-/m1/s1. The number of carbonyl (C=O) groups is 1. The van der Waals surface area contributed by atoms with Gasteiger partial charge in [-0.3, -0.25) is 4.79 Å². The summed E-state index contributed by atoms with van der Waals surface area (Å²) in [6.07, 6.45) is 2.71. The third kappa shape index (κ3) is 4.81. The summed E-state index contributed by atoms with van der Waals surface area (Å²) >= 11 is 8.03. The van der Waals surface area contributed by atoms with Crippen LogP contribution in [0.5, 0.6) is 0 Å². The number of rotatable bonds is 8. The van der Waals surface area contributed by atoms with Gasteiger partial charge in [-0.15, -0.1) is 0 Å². The number of benzene rings is 3. The number of carbonyl (C=O) groups excluding carboxylic acids is 1. The number of hydrogen-bond donors (Lipinski definition) is 1. The van der Waals surface area contributed by atoms with Gasteiger partial charge < -0.3 is 9.88 Å². The monoisotopic (exact) mass is 467 g/mol. The number of nitrogens with one attached hydrogen (secondary N) is 1. The summed E-state index contributed by atoms with van der Waals surface area (Å²) in [6, 6.07) is 21.2. The highest BCUT2D eigenvalue weighted by Gasteiger charge is 2.23. The molecule has 1 N–H and O–H groups in total. The molecule has 7 heteroatoms. The number of aromatic nitrogens is 2. The molecule has 4 rings (SSSR count). The van der Waals surface area contributed by atoms with Crippen LogP contribution in [0.15, 0.2) is 72.8 Å². The average Bonchev–Trinajstić information content (AvgIpc) is 3.18. The van der Waals surface area contributed by atoms with Crippen LogP contribution in [0, 0.1) is 5.82 Å². The van der Waals surface area contributed by atoms with E-state index in [9.17, 15) is 9.18 Å². The molecule has 0 spiro atoms. The van der Waals surface area contributed by atoms with Gasteiger partial charge in [-0.1, -0.05) is 48.0 Å². The van der Waals surface area contributed by atoms with Crippen molar-refractivity contribution in [2.45, 2.75) is 19.0 Å². The maximum absolute atomic E-state index is 14.6. The molecule has 3 aromatic carbocycles. The molecule has 0 saturated carbocycles. The molecule has 1 heterocycles. The van der Waals surface area contributed by atoms with Crippen LogP contribution in [0.25, 0.3) is 11.0 Å². The van der Waals surface area contributed by atoms with E-state index >= 15 is 0 Å². The van der Waals surface area contributed by atoms with Crippen LogP contribution in [0.4, 0.5) is 4.39 Å². The Balaban J connectivity index is 1.77.